The lowest BCUT2D eigenvalue weighted by Gasteiger charge is -2.26. The molecule has 0 radical (unpaired) electrons. The zero-order valence-electron chi connectivity index (χ0n) is 19.0. The number of amides is 1. The average molecular weight is 468 g/mol. The molecule has 9 heteroatoms. The van der Waals surface area contributed by atoms with E-state index in [-0.39, 0.29) is 36.1 Å². The number of nitrogens with one attached hydrogen (secondary N) is 1. The number of carbonyl (C=O) groups excluding carboxylic acids is 1. The highest BCUT2D eigenvalue weighted by Gasteiger charge is 2.24. The summed E-state index contributed by atoms with van der Waals surface area (Å²) in [6.07, 6.45) is 0.970. The van der Waals surface area contributed by atoms with Crippen molar-refractivity contribution in [1.82, 2.24) is 10.3 Å². The summed E-state index contributed by atoms with van der Waals surface area (Å²) in [6, 6.07) is 12.5. The highest BCUT2D eigenvalue weighted by atomic mass is 19.1. The Hall–Kier alpha value is -3.85. The van der Waals surface area contributed by atoms with Crippen LogP contribution >= 0.6 is 0 Å². The van der Waals surface area contributed by atoms with Gasteiger partial charge in [0, 0.05) is 30.4 Å². The molecule has 4 rings (SSSR count). The van der Waals surface area contributed by atoms with E-state index in [1.54, 1.807) is 57.2 Å². The number of halogens is 1. The fourth-order valence-electron chi connectivity index (χ4n) is 3.06. The maximum Gasteiger partial charge on any atom is 0.257 e. The van der Waals surface area contributed by atoms with Gasteiger partial charge in [-0.2, -0.15) is 0 Å². The minimum absolute atomic E-state index is 0.0512. The van der Waals surface area contributed by atoms with Crippen LogP contribution in [0.2, 0.25) is 0 Å². The molecule has 0 aliphatic carbocycles. The Bertz CT molecular complexity index is 1190. The molecule has 2 aromatic carbocycles. The van der Waals surface area contributed by atoms with Crippen molar-refractivity contribution in [2.75, 3.05) is 6.79 Å². The molecule has 0 fully saturated rings. The van der Waals surface area contributed by atoms with Crippen molar-refractivity contribution >= 4 is 5.91 Å². The second-order valence-electron chi connectivity index (χ2n) is 8.32. The van der Waals surface area contributed by atoms with Crippen LogP contribution in [-0.2, 0) is 6.54 Å². The van der Waals surface area contributed by atoms with Gasteiger partial charge < -0.3 is 29.4 Å². The van der Waals surface area contributed by atoms with Crippen LogP contribution in [0.5, 0.6) is 28.9 Å². The second kappa shape index (κ2) is 9.56. The quantitative estimate of drug-likeness (QED) is 0.511. The largest absolute Gasteiger partial charge is 0.488 e. The van der Waals surface area contributed by atoms with Gasteiger partial charge in [0.2, 0.25) is 12.7 Å². The van der Waals surface area contributed by atoms with E-state index in [0.717, 1.165) is 0 Å². The van der Waals surface area contributed by atoms with E-state index in [1.165, 1.54) is 18.3 Å². The fraction of sp³-hybridized carbons (Fsp3) is 0.280. The number of aromatic nitrogens is 1. The number of benzene rings is 2. The van der Waals surface area contributed by atoms with Crippen molar-refractivity contribution in [3.63, 3.8) is 0 Å². The van der Waals surface area contributed by atoms with Crippen molar-refractivity contribution in [2.45, 2.75) is 39.0 Å². The van der Waals surface area contributed by atoms with Crippen molar-refractivity contribution < 1.29 is 33.2 Å². The molecule has 2 N–H and O–H groups in total. The molecule has 1 unspecified atom stereocenters. The topological polar surface area (TPSA) is 99.1 Å². The Morgan fingerprint density at radius 2 is 1.94 bits per heavy atom. The maximum absolute atomic E-state index is 14.6. The summed E-state index contributed by atoms with van der Waals surface area (Å²) in [5, 5.41) is 12.7. The minimum Gasteiger partial charge on any atom is -0.488 e. The molecule has 8 nitrogen and oxygen atoms in total. The van der Waals surface area contributed by atoms with E-state index in [1.807, 2.05) is 0 Å². The van der Waals surface area contributed by atoms with E-state index in [0.29, 0.717) is 17.2 Å². The first-order valence-electron chi connectivity index (χ1n) is 10.7. The Labute approximate surface area is 196 Å². The number of carbonyl (C=O) groups is 1. The van der Waals surface area contributed by atoms with Gasteiger partial charge in [-0.05, 0) is 51.1 Å². The van der Waals surface area contributed by atoms with Crippen LogP contribution in [0.3, 0.4) is 0 Å². The summed E-state index contributed by atoms with van der Waals surface area (Å²) in [7, 11) is 0. The average Bonchev–Trinajstić information content (AvgIpc) is 3.26. The monoisotopic (exact) mass is 468 g/mol. The lowest BCUT2D eigenvalue weighted by molar-refractivity contribution is -0.0242. The lowest BCUT2D eigenvalue weighted by atomic mass is 10.0. The van der Waals surface area contributed by atoms with E-state index in [4.69, 9.17) is 18.9 Å². The number of hydrogen-bond donors (Lipinski definition) is 2. The number of ether oxygens (including phenoxy) is 4. The fourth-order valence-corrected chi connectivity index (χ4v) is 3.06. The Morgan fingerprint density at radius 3 is 2.71 bits per heavy atom. The normalized spacial score (nSPS) is 13.3. The van der Waals surface area contributed by atoms with Gasteiger partial charge in [-0.1, -0.05) is 6.07 Å². The Balaban J connectivity index is 1.42. The van der Waals surface area contributed by atoms with Gasteiger partial charge in [0.15, 0.2) is 11.5 Å². The molecule has 1 aromatic heterocycles. The minimum atomic E-state index is -1.08. The molecule has 2 heterocycles. The molecule has 1 atom stereocenters. The molecule has 34 heavy (non-hydrogen) atoms. The van der Waals surface area contributed by atoms with Crippen molar-refractivity contribution in [1.29, 1.82) is 0 Å². The first kappa shape index (κ1) is 23.3. The van der Waals surface area contributed by atoms with Gasteiger partial charge >= 0.3 is 0 Å². The highest BCUT2D eigenvalue weighted by molar-refractivity contribution is 5.96. The van der Waals surface area contributed by atoms with Crippen LogP contribution in [-0.4, -0.2) is 34.5 Å². The van der Waals surface area contributed by atoms with E-state index in [2.05, 4.69) is 10.3 Å². The number of rotatable bonds is 8. The van der Waals surface area contributed by atoms with Crippen LogP contribution < -0.4 is 24.3 Å². The van der Waals surface area contributed by atoms with Crippen molar-refractivity contribution in [2.24, 2.45) is 0 Å². The molecular weight excluding hydrogens is 443 g/mol. The smallest absolute Gasteiger partial charge is 0.257 e. The van der Waals surface area contributed by atoms with Crippen LogP contribution in [0.1, 0.15) is 36.7 Å². The standard InChI is InChI=1S/C25H25FN2O6/c1-15(25(2,3)30)33-17-7-6-16(20(26)11-17)13-28-23(29)19-5-4-10-27-24(19)34-18-8-9-21-22(12-18)32-14-31-21/h4-12,15,30H,13-14H2,1-3H3,(H,28,29). The zero-order valence-corrected chi connectivity index (χ0v) is 19.0. The highest BCUT2D eigenvalue weighted by Crippen LogP contribution is 2.36. The second-order valence-corrected chi connectivity index (χ2v) is 8.32. The number of hydrogen-bond acceptors (Lipinski definition) is 7. The van der Waals surface area contributed by atoms with E-state index >= 15 is 0 Å². The van der Waals surface area contributed by atoms with E-state index in [9.17, 15) is 14.3 Å². The third-order valence-electron chi connectivity index (χ3n) is 5.35. The van der Waals surface area contributed by atoms with Crippen LogP contribution in [0.15, 0.2) is 54.7 Å². The number of nitrogens with zero attached hydrogens (tertiary/aromatic N) is 1. The van der Waals surface area contributed by atoms with Gasteiger partial charge in [-0.15, -0.1) is 0 Å². The summed E-state index contributed by atoms with van der Waals surface area (Å²) < 4.78 is 36.6. The summed E-state index contributed by atoms with van der Waals surface area (Å²) in [5.74, 6) is 0.957. The third kappa shape index (κ3) is 5.37. The first-order chi connectivity index (χ1) is 16.2. The van der Waals surface area contributed by atoms with Gasteiger partial charge in [0.25, 0.3) is 5.91 Å². The molecule has 3 aromatic rings. The summed E-state index contributed by atoms with van der Waals surface area (Å²) in [6.45, 7) is 5.01. The summed E-state index contributed by atoms with van der Waals surface area (Å²) in [4.78, 5) is 17.0. The Morgan fingerprint density at radius 1 is 1.18 bits per heavy atom. The Kier molecular flexibility index (Phi) is 6.56. The first-order valence-corrected chi connectivity index (χ1v) is 10.7. The lowest BCUT2D eigenvalue weighted by Crippen LogP contribution is -2.37. The molecule has 0 bridgehead atoms. The molecule has 0 spiro atoms. The van der Waals surface area contributed by atoms with E-state index < -0.39 is 23.4 Å². The molecule has 178 valence electrons. The van der Waals surface area contributed by atoms with Crippen molar-refractivity contribution in [3.8, 4) is 28.9 Å². The molecule has 1 aliphatic heterocycles. The van der Waals surface area contributed by atoms with Gasteiger partial charge in [0.05, 0.1) is 5.60 Å². The summed E-state index contributed by atoms with van der Waals surface area (Å²) >= 11 is 0. The SMILES string of the molecule is CC(Oc1ccc(CNC(=O)c2cccnc2Oc2ccc3c(c2)OCO3)c(F)c1)C(C)(C)O. The maximum atomic E-state index is 14.6. The van der Waals surface area contributed by atoms with Gasteiger partial charge in [-0.25, -0.2) is 9.37 Å². The summed E-state index contributed by atoms with van der Waals surface area (Å²) in [5.41, 5.74) is -0.606. The zero-order chi connectivity index (χ0) is 24.3. The van der Waals surface area contributed by atoms with Crippen molar-refractivity contribution in [3.05, 3.63) is 71.7 Å². The number of aliphatic hydroxyl groups is 1. The predicted octanol–water partition coefficient (Wildman–Crippen LogP) is 4.21. The third-order valence-corrected chi connectivity index (χ3v) is 5.35. The van der Waals surface area contributed by atoms with Crippen LogP contribution in [0.4, 0.5) is 4.39 Å². The van der Waals surface area contributed by atoms with Crippen LogP contribution in [0.25, 0.3) is 0 Å². The van der Waals surface area contributed by atoms with Crippen LogP contribution in [0, 0.1) is 5.82 Å². The number of fused-ring (bicyclic) bond motifs is 1. The molecule has 1 amide bonds. The molecule has 1 aliphatic rings. The molecule has 0 saturated heterocycles. The van der Waals surface area contributed by atoms with Gasteiger partial charge in [-0.3, -0.25) is 4.79 Å². The predicted molar refractivity (Wildman–Crippen MR) is 121 cm³/mol. The van der Waals surface area contributed by atoms with Gasteiger partial charge in [0.1, 0.15) is 29.0 Å². The molecular formula is C25H25FN2O6. The molecule has 0 saturated carbocycles. The number of pyridine rings is 1.